The number of hydrogen-bond acceptors (Lipinski definition) is 5. The van der Waals surface area contributed by atoms with Crippen LogP contribution in [0, 0.1) is 4.77 Å². The number of nitrogen functional groups attached to an aromatic ring is 1. The number of nitrogens with zero attached hydrogens (tertiary/aromatic N) is 2. The Morgan fingerprint density at radius 1 is 1.54 bits per heavy atom. The third kappa shape index (κ3) is 3.47. The van der Waals surface area contributed by atoms with E-state index < -0.39 is 0 Å². The smallest absolute Gasteiger partial charge is 0.224 e. The maximum Gasteiger partial charge on any atom is 0.224 e. The van der Waals surface area contributed by atoms with Gasteiger partial charge in [-0.05, 0) is 26.1 Å². The second-order valence-corrected chi connectivity index (χ2v) is 3.19. The molecule has 1 rings (SSSR count). The molecule has 5 nitrogen and oxygen atoms in total. The normalized spacial score (nSPS) is 10.7. The number of nitrogens with one attached hydrogen (secondary N) is 1. The first kappa shape index (κ1) is 10.1. The zero-order valence-corrected chi connectivity index (χ0v) is 8.39. The standard InChI is InChI=1S/C7H12N4OS/c1-4(2)12-3-5-9-6(8)11-7(13)10-5/h4H,3H2,1-2H3,(H3,8,9,10,11,13). The summed E-state index contributed by atoms with van der Waals surface area (Å²) in [5, 5.41) is 0. The summed E-state index contributed by atoms with van der Waals surface area (Å²) in [4.78, 5) is 10.4. The summed E-state index contributed by atoms with van der Waals surface area (Å²) in [6, 6.07) is 0. The van der Waals surface area contributed by atoms with E-state index in [0.29, 0.717) is 12.4 Å². The summed E-state index contributed by atoms with van der Waals surface area (Å²) in [6.07, 6.45) is 0.151. The van der Waals surface area contributed by atoms with Crippen LogP contribution in [0.5, 0.6) is 0 Å². The van der Waals surface area contributed by atoms with Crippen LogP contribution in [-0.2, 0) is 11.3 Å². The van der Waals surface area contributed by atoms with Crippen molar-refractivity contribution in [2.24, 2.45) is 0 Å². The van der Waals surface area contributed by atoms with E-state index in [1.165, 1.54) is 0 Å². The minimum atomic E-state index is 0.151. The molecule has 0 aromatic carbocycles. The lowest BCUT2D eigenvalue weighted by atomic mass is 10.5. The van der Waals surface area contributed by atoms with Crippen molar-refractivity contribution in [1.82, 2.24) is 15.0 Å². The monoisotopic (exact) mass is 200 g/mol. The predicted molar refractivity (Wildman–Crippen MR) is 51.6 cm³/mol. The topological polar surface area (TPSA) is 76.8 Å². The van der Waals surface area contributed by atoms with Crippen LogP contribution in [0.25, 0.3) is 0 Å². The molecule has 0 unspecified atom stereocenters. The molecule has 0 aliphatic rings. The maximum absolute atomic E-state index is 5.44. The minimum Gasteiger partial charge on any atom is -0.371 e. The number of anilines is 1. The molecule has 0 spiro atoms. The van der Waals surface area contributed by atoms with Crippen LogP contribution in [0.15, 0.2) is 0 Å². The Morgan fingerprint density at radius 3 is 2.77 bits per heavy atom. The van der Waals surface area contributed by atoms with Crippen LogP contribution in [0.2, 0.25) is 0 Å². The van der Waals surface area contributed by atoms with Crippen LogP contribution >= 0.6 is 12.2 Å². The molecule has 0 aliphatic carbocycles. The summed E-state index contributed by atoms with van der Waals surface area (Å²) in [7, 11) is 0. The van der Waals surface area contributed by atoms with Gasteiger partial charge in [0.15, 0.2) is 0 Å². The zero-order chi connectivity index (χ0) is 9.84. The molecule has 0 amide bonds. The molecule has 0 saturated carbocycles. The first-order chi connectivity index (χ1) is 6.08. The van der Waals surface area contributed by atoms with Gasteiger partial charge in [-0.3, -0.25) is 0 Å². The minimum absolute atomic E-state index is 0.151. The second-order valence-electron chi connectivity index (χ2n) is 2.82. The highest BCUT2D eigenvalue weighted by molar-refractivity contribution is 7.71. The van der Waals surface area contributed by atoms with Gasteiger partial charge in [0.05, 0.1) is 6.10 Å². The van der Waals surface area contributed by atoms with E-state index in [1.807, 2.05) is 13.8 Å². The number of rotatable bonds is 3. The molecule has 72 valence electrons. The average Bonchev–Trinajstić information content (AvgIpc) is 1.99. The van der Waals surface area contributed by atoms with Crippen LogP contribution in [0.3, 0.4) is 0 Å². The van der Waals surface area contributed by atoms with Gasteiger partial charge >= 0.3 is 0 Å². The van der Waals surface area contributed by atoms with Gasteiger partial charge in [0, 0.05) is 0 Å². The van der Waals surface area contributed by atoms with Gasteiger partial charge in [-0.2, -0.15) is 4.98 Å². The molecule has 6 heteroatoms. The first-order valence-corrected chi connectivity index (χ1v) is 4.33. The highest BCUT2D eigenvalue weighted by Gasteiger charge is 1.99. The summed E-state index contributed by atoms with van der Waals surface area (Å²) in [5.74, 6) is 0.869. The molecule has 1 heterocycles. The van der Waals surface area contributed by atoms with Crippen molar-refractivity contribution in [3.63, 3.8) is 0 Å². The number of hydrogen-bond donors (Lipinski definition) is 2. The van der Waals surface area contributed by atoms with Gasteiger partial charge in [-0.25, -0.2) is 4.98 Å². The Labute approximate surface area is 81.4 Å². The molecular formula is C7H12N4OS. The van der Waals surface area contributed by atoms with Crippen LogP contribution in [0.1, 0.15) is 19.7 Å². The van der Waals surface area contributed by atoms with E-state index in [4.69, 9.17) is 22.7 Å². The maximum atomic E-state index is 5.44. The van der Waals surface area contributed by atoms with Crippen molar-refractivity contribution in [2.45, 2.75) is 26.6 Å². The Hall–Kier alpha value is -1.01. The molecule has 0 fully saturated rings. The van der Waals surface area contributed by atoms with Gasteiger partial charge in [0.2, 0.25) is 10.7 Å². The third-order valence-corrected chi connectivity index (χ3v) is 1.46. The van der Waals surface area contributed by atoms with Crippen molar-refractivity contribution in [3.05, 3.63) is 10.6 Å². The molecule has 3 N–H and O–H groups in total. The largest absolute Gasteiger partial charge is 0.371 e. The highest BCUT2D eigenvalue weighted by Crippen LogP contribution is 1.98. The first-order valence-electron chi connectivity index (χ1n) is 3.92. The summed E-state index contributed by atoms with van der Waals surface area (Å²) >= 11 is 4.79. The fraction of sp³-hybridized carbons (Fsp3) is 0.571. The highest BCUT2D eigenvalue weighted by atomic mass is 32.1. The molecule has 1 aromatic rings. The van der Waals surface area contributed by atoms with Crippen LogP contribution in [0.4, 0.5) is 5.95 Å². The Morgan fingerprint density at radius 2 is 2.23 bits per heavy atom. The van der Waals surface area contributed by atoms with Crippen molar-refractivity contribution in [3.8, 4) is 0 Å². The van der Waals surface area contributed by atoms with Crippen molar-refractivity contribution < 1.29 is 4.74 Å². The van der Waals surface area contributed by atoms with Gasteiger partial charge < -0.3 is 15.5 Å². The molecular weight excluding hydrogens is 188 g/mol. The lowest BCUT2D eigenvalue weighted by Crippen LogP contribution is -2.08. The second kappa shape index (κ2) is 4.29. The third-order valence-electron chi connectivity index (χ3n) is 1.27. The molecule has 13 heavy (non-hydrogen) atoms. The number of aromatic nitrogens is 3. The number of aromatic amines is 1. The lowest BCUT2D eigenvalue weighted by Gasteiger charge is -2.06. The van der Waals surface area contributed by atoms with Crippen molar-refractivity contribution >= 4 is 18.2 Å². The molecule has 0 radical (unpaired) electrons. The molecule has 0 atom stereocenters. The fourth-order valence-electron chi connectivity index (χ4n) is 0.761. The summed E-state index contributed by atoms with van der Waals surface area (Å²) in [6.45, 7) is 4.26. The Bertz CT molecular complexity index is 336. The fourth-order valence-corrected chi connectivity index (χ4v) is 0.970. The molecule has 0 bridgehead atoms. The molecule has 0 saturated heterocycles. The van der Waals surface area contributed by atoms with Gasteiger partial charge in [0.25, 0.3) is 0 Å². The van der Waals surface area contributed by atoms with Crippen LogP contribution in [-0.4, -0.2) is 21.1 Å². The van der Waals surface area contributed by atoms with E-state index in [2.05, 4.69) is 15.0 Å². The van der Waals surface area contributed by atoms with E-state index >= 15 is 0 Å². The average molecular weight is 200 g/mol. The summed E-state index contributed by atoms with van der Waals surface area (Å²) in [5.41, 5.74) is 5.44. The lowest BCUT2D eigenvalue weighted by molar-refractivity contribution is 0.0612. The quantitative estimate of drug-likeness (QED) is 0.713. The van der Waals surface area contributed by atoms with E-state index in [1.54, 1.807) is 0 Å². The van der Waals surface area contributed by atoms with Gasteiger partial charge in [-0.1, -0.05) is 0 Å². The van der Waals surface area contributed by atoms with Crippen LogP contribution < -0.4 is 5.73 Å². The zero-order valence-electron chi connectivity index (χ0n) is 7.57. The van der Waals surface area contributed by atoms with Crippen molar-refractivity contribution in [2.75, 3.05) is 5.73 Å². The molecule has 1 aromatic heterocycles. The Balaban J connectivity index is 2.72. The predicted octanol–water partition coefficient (Wildman–Crippen LogP) is 1.04. The number of nitrogens with two attached hydrogens (primary N) is 1. The molecule has 0 aliphatic heterocycles. The Kier molecular flexibility index (Phi) is 3.32. The number of H-pyrrole nitrogens is 1. The van der Waals surface area contributed by atoms with E-state index in [0.717, 1.165) is 0 Å². The van der Waals surface area contributed by atoms with Gasteiger partial charge in [-0.15, -0.1) is 0 Å². The number of ether oxygens (including phenoxy) is 1. The summed E-state index contributed by atoms with van der Waals surface area (Å²) < 4.78 is 5.55. The van der Waals surface area contributed by atoms with Gasteiger partial charge in [0.1, 0.15) is 12.4 Å². The SMILES string of the molecule is CC(C)OCc1nc(=S)nc(N)[nH]1. The van der Waals surface area contributed by atoms with E-state index in [-0.39, 0.29) is 16.8 Å². The van der Waals surface area contributed by atoms with Crippen molar-refractivity contribution in [1.29, 1.82) is 0 Å². The van der Waals surface area contributed by atoms with E-state index in [9.17, 15) is 0 Å².